The highest BCUT2D eigenvalue weighted by Crippen LogP contribution is 2.15. The molecule has 0 unspecified atom stereocenters. The summed E-state index contributed by atoms with van der Waals surface area (Å²) in [4.78, 5) is 17.1. The number of primary amides is 1. The summed E-state index contributed by atoms with van der Waals surface area (Å²) in [7, 11) is 0. The predicted molar refractivity (Wildman–Crippen MR) is 68.4 cm³/mol. The topological polar surface area (TPSA) is 85.2 Å². The summed E-state index contributed by atoms with van der Waals surface area (Å²) < 4.78 is 0. The smallest absolute Gasteiger partial charge is 0.236 e. The van der Waals surface area contributed by atoms with E-state index in [2.05, 4.69) is 18.8 Å². The van der Waals surface area contributed by atoms with Crippen LogP contribution in [0.2, 0.25) is 0 Å². The molecule has 5 nitrogen and oxygen atoms in total. The molecule has 1 aromatic rings. The average molecular weight is 236 g/mol. The van der Waals surface area contributed by atoms with E-state index in [9.17, 15) is 4.79 Å². The van der Waals surface area contributed by atoms with Gasteiger partial charge in [-0.3, -0.25) is 9.78 Å². The van der Waals surface area contributed by atoms with Gasteiger partial charge in [0.1, 0.15) is 0 Å². The van der Waals surface area contributed by atoms with Crippen LogP contribution in [0.4, 0.5) is 5.69 Å². The van der Waals surface area contributed by atoms with E-state index >= 15 is 0 Å². The van der Waals surface area contributed by atoms with Crippen LogP contribution in [0.25, 0.3) is 0 Å². The van der Waals surface area contributed by atoms with E-state index in [-0.39, 0.29) is 12.5 Å². The van der Waals surface area contributed by atoms with Gasteiger partial charge in [0.2, 0.25) is 5.91 Å². The van der Waals surface area contributed by atoms with Crippen LogP contribution in [0.15, 0.2) is 18.3 Å². The monoisotopic (exact) mass is 236 g/mol. The molecule has 0 aromatic carbocycles. The van der Waals surface area contributed by atoms with E-state index in [1.807, 2.05) is 17.0 Å². The molecule has 4 N–H and O–H groups in total. The minimum absolute atomic E-state index is 0.214. The quantitative estimate of drug-likeness (QED) is 0.752. The third-order valence-electron chi connectivity index (χ3n) is 2.31. The second-order valence-corrected chi connectivity index (χ2v) is 4.45. The van der Waals surface area contributed by atoms with E-state index in [0.717, 1.165) is 17.9 Å². The lowest BCUT2D eigenvalue weighted by atomic mass is 10.2. The van der Waals surface area contributed by atoms with Gasteiger partial charge >= 0.3 is 0 Å². The van der Waals surface area contributed by atoms with Crippen molar-refractivity contribution in [1.82, 2.24) is 4.98 Å². The van der Waals surface area contributed by atoms with Crippen molar-refractivity contribution in [1.29, 1.82) is 0 Å². The van der Waals surface area contributed by atoms with E-state index in [0.29, 0.717) is 12.5 Å². The summed E-state index contributed by atoms with van der Waals surface area (Å²) in [5.74, 6) is 0.112. The van der Waals surface area contributed by atoms with Gasteiger partial charge in [-0.15, -0.1) is 0 Å². The molecule has 0 radical (unpaired) electrons. The van der Waals surface area contributed by atoms with Crippen molar-refractivity contribution in [2.45, 2.75) is 20.4 Å². The summed E-state index contributed by atoms with van der Waals surface area (Å²) in [6, 6.07) is 3.76. The Hall–Kier alpha value is -1.62. The van der Waals surface area contributed by atoms with Crippen molar-refractivity contribution in [3.63, 3.8) is 0 Å². The number of amides is 1. The van der Waals surface area contributed by atoms with E-state index in [1.165, 1.54) is 0 Å². The maximum Gasteiger partial charge on any atom is 0.236 e. The van der Waals surface area contributed by atoms with Gasteiger partial charge in [0, 0.05) is 25.0 Å². The lowest BCUT2D eigenvalue weighted by molar-refractivity contribution is -0.116. The molecule has 94 valence electrons. The molecule has 1 heterocycles. The fourth-order valence-corrected chi connectivity index (χ4v) is 1.66. The second kappa shape index (κ2) is 6.20. The standard InChI is InChI=1S/C12H20N4O/c1-9(2)7-16(8-12(14)17)11-3-4-15-10(5-11)6-13/h3-5,9H,6-8,13H2,1-2H3,(H2,14,17). The number of carbonyl (C=O) groups is 1. The second-order valence-electron chi connectivity index (χ2n) is 4.45. The lowest BCUT2D eigenvalue weighted by Crippen LogP contribution is -2.36. The van der Waals surface area contributed by atoms with Gasteiger partial charge in [-0.05, 0) is 18.1 Å². The fourth-order valence-electron chi connectivity index (χ4n) is 1.66. The summed E-state index contributed by atoms with van der Waals surface area (Å²) in [5, 5.41) is 0. The van der Waals surface area contributed by atoms with Crippen LogP contribution in [0.3, 0.4) is 0 Å². The average Bonchev–Trinajstić information content (AvgIpc) is 2.27. The number of pyridine rings is 1. The molecule has 0 atom stereocenters. The molecule has 0 aliphatic carbocycles. The van der Waals surface area contributed by atoms with Crippen molar-refractivity contribution in [2.75, 3.05) is 18.0 Å². The van der Waals surface area contributed by atoms with Crippen molar-refractivity contribution in [3.05, 3.63) is 24.0 Å². The van der Waals surface area contributed by atoms with Crippen molar-refractivity contribution in [3.8, 4) is 0 Å². The van der Waals surface area contributed by atoms with Crippen LogP contribution in [-0.4, -0.2) is 24.0 Å². The van der Waals surface area contributed by atoms with Gasteiger partial charge in [-0.2, -0.15) is 0 Å². The van der Waals surface area contributed by atoms with E-state index in [1.54, 1.807) is 6.20 Å². The molecule has 5 heteroatoms. The molecule has 0 spiro atoms. The predicted octanol–water partition coefficient (Wildman–Crippen LogP) is 0.488. The summed E-state index contributed by atoms with van der Waals surface area (Å²) >= 11 is 0. The van der Waals surface area contributed by atoms with E-state index < -0.39 is 0 Å². The zero-order valence-electron chi connectivity index (χ0n) is 10.4. The maximum atomic E-state index is 11.1. The molecule has 0 saturated carbocycles. The highest BCUT2D eigenvalue weighted by molar-refractivity contribution is 5.79. The molecule has 0 bridgehead atoms. The Kier molecular flexibility index (Phi) is 4.90. The zero-order chi connectivity index (χ0) is 12.8. The molecule has 17 heavy (non-hydrogen) atoms. The fraction of sp³-hybridized carbons (Fsp3) is 0.500. The van der Waals surface area contributed by atoms with Crippen molar-refractivity contribution < 1.29 is 4.79 Å². The van der Waals surface area contributed by atoms with Gasteiger partial charge in [0.15, 0.2) is 0 Å². The first-order valence-electron chi connectivity index (χ1n) is 5.71. The number of hydrogen-bond acceptors (Lipinski definition) is 4. The number of aromatic nitrogens is 1. The Morgan fingerprint density at radius 1 is 1.53 bits per heavy atom. The molecular formula is C12H20N4O. The normalized spacial score (nSPS) is 10.6. The number of nitrogens with two attached hydrogens (primary N) is 2. The Balaban J connectivity index is 2.90. The highest BCUT2D eigenvalue weighted by Gasteiger charge is 2.11. The third-order valence-corrected chi connectivity index (χ3v) is 2.31. The van der Waals surface area contributed by atoms with Crippen LogP contribution >= 0.6 is 0 Å². The molecule has 0 saturated heterocycles. The first-order valence-corrected chi connectivity index (χ1v) is 5.71. The zero-order valence-corrected chi connectivity index (χ0v) is 10.4. The molecule has 1 aromatic heterocycles. The maximum absolute atomic E-state index is 11.1. The summed E-state index contributed by atoms with van der Waals surface area (Å²) in [6.07, 6.45) is 1.70. The Bertz CT molecular complexity index is 379. The Morgan fingerprint density at radius 3 is 2.76 bits per heavy atom. The van der Waals surface area contributed by atoms with Gasteiger partial charge < -0.3 is 16.4 Å². The summed E-state index contributed by atoms with van der Waals surface area (Å²) in [6.45, 7) is 5.57. The van der Waals surface area contributed by atoms with Crippen molar-refractivity contribution in [2.24, 2.45) is 17.4 Å². The van der Waals surface area contributed by atoms with Crippen LogP contribution in [-0.2, 0) is 11.3 Å². The van der Waals surface area contributed by atoms with Crippen LogP contribution in [0.5, 0.6) is 0 Å². The van der Waals surface area contributed by atoms with Crippen molar-refractivity contribution >= 4 is 11.6 Å². The number of hydrogen-bond donors (Lipinski definition) is 2. The molecule has 0 aliphatic rings. The van der Waals surface area contributed by atoms with Gasteiger partial charge in [0.05, 0.1) is 12.2 Å². The first kappa shape index (κ1) is 13.4. The lowest BCUT2D eigenvalue weighted by Gasteiger charge is -2.25. The van der Waals surface area contributed by atoms with E-state index in [4.69, 9.17) is 11.5 Å². The Morgan fingerprint density at radius 2 is 2.24 bits per heavy atom. The van der Waals surface area contributed by atoms with Gasteiger partial charge in [0.25, 0.3) is 0 Å². The minimum atomic E-state index is -0.336. The summed E-state index contributed by atoms with van der Waals surface area (Å²) in [5.41, 5.74) is 12.5. The SMILES string of the molecule is CC(C)CN(CC(N)=O)c1ccnc(CN)c1. The highest BCUT2D eigenvalue weighted by atomic mass is 16.1. The first-order chi connectivity index (χ1) is 8.02. The molecule has 1 rings (SSSR count). The van der Waals surface area contributed by atoms with Gasteiger partial charge in [-0.25, -0.2) is 0 Å². The molecule has 1 amide bonds. The molecular weight excluding hydrogens is 216 g/mol. The minimum Gasteiger partial charge on any atom is -0.368 e. The number of anilines is 1. The molecule has 0 fully saturated rings. The van der Waals surface area contributed by atoms with Crippen LogP contribution in [0, 0.1) is 5.92 Å². The third kappa shape index (κ3) is 4.40. The number of carbonyl (C=O) groups excluding carboxylic acids is 1. The van der Waals surface area contributed by atoms with Crippen LogP contribution in [0.1, 0.15) is 19.5 Å². The van der Waals surface area contributed by atoms with Crippen LogP contribution < -0.4 is 16.4 Å². The largest absolute Gasteiger partial charge is 0.368 e. The number of nitrogens with zero attached hydrogens (tertiary/aromatic N) is 2. The Labute approximate surface area is 102 Å². The van der Waals surface area contributed by atoms with Gasteiger partial charge in [-0.1, -0.05) is 13.8 Å². The number of rotatable bonds is 6. The molecule has 0 aliphatic heterocycles.